The number of hydrogen-bond acceptors (Lipinski definition) is 6. The molecule has 1 aromatic heterocycles. The van der Waals surface area contributed by atoms with Crippen LogP contribution in [-0.2, 0) is 29.0 Å². The van der Waals surface area contributed by atoms with Gasteiger partial charge < -0.3 is 14.1 Å². The maximum absolute atomic E-state index is 12.7. The molecule has 8 heteroatoms. The molecule has 0 bridgehead atoms. The Morgan fingerprint density at radius 2 is 1.73 bits per heavy atom. The second-order valence-corrected chi connectivity index (χ2v) is 7.95. The van der Waals surface area contributed by atoms with Gasteiger partial charge in [-0.2, -0.15) is 0 Å². The minimum atomic E-state index is -0.728. The first kappa shape index (κ1) is 20.7. The van der Waals surface area contributed by atoms with E-state index in [0.29, 0.717) is 18.8 Å². The van der Waals surface area contributed by atoms with Crippen molar-refractivity contribution in [3.8, 4) is 0 Å². The van der Waals surface area contributed by atoms with Crippen molar-refractivity contribution in [2.45, 2.75) is 19.5 Å². The van der Waals surface area contributed by atoms with Crippen molar-refractivity contribution in [3.63, 3.8) is 0 Å². The highest BCUT2D eigenvalue weighted by Gasteiger charge is 2.36. The van der Waals surface area contributed by atoms with E-state index in [1.165, 1.54) is 30.0 Å². The molecule has 166 valence electrons. The first-order valence-corrected chi connectivity index (χ1v) is 10.6. The number of benzene rings is 2. The summed E-state index contributed by atoms with van der Waals surface area (Å²) in [5, 5.41) is 0. The van der Waals surface area contributed by atoms with E-state index in [4.69, 9.17) is 9.15 Å². The maximum atomic E-state index is 12.7. The summed E-state index contributed by atoms with van der Waals surface area (Å²) >= 11 is 0. The highest BCUT2D eigenvalue weighted by atomic mass is 16.5. The van der Waals surface area contributed by atoms with E-state index in [1.807, 2.05) is 24.3 Å². The molecule has 2 aliphatic rings. The Balaban J connectivity index is 1.23. The summed E-state index contributed by atoms with van der Waals surface area (Å²) in [5.41, 5.74) is 2.75. The predicted octanol–water partition coefficient (Wildman–Crippen LogP) is 2.82. The first-order valence-electron chi connectivity index (χ1n) is 10.6. The van der Waals surface area contributed by atoms with Crippen molar-refractivity contribution >= 4 is 23.7 Å². The van der Waals surface area contributed by atoms with Crippen LogP contribution >= 0.6 is 0 Å². The third-order valence-electron chi connectivity index (χ3n) is 5.91. The molecule has 0 saturated heterocycles. The van der Waals surface area contributed by atoms with Crippen LogP contribution in [0.2, 0.25) is 0 Å². The van der Waals surface area contributed by atoms with Crippen molar-refractivity contribution in [1.82, 2.24) is 9.80 Å². The van der Waals surface area contributed by atoms with Crippen LogP contribution in [0.1, 0.15) is 48.0 Å². The topological polar surface area (TPSA) is 97.1 Å². The number of fused-ring (bicyclic) bond motifs is 2. The van der Waals surface area contributed by atoms with Gasteiger partial charge in [0.05, 0.1) is 29.5 Å². The quantitative estimate of drug-likeness (QED) is 0.444. The Kier molecular flexibility index (Phi) is 5.26. The van der Waals surface area contributed by atoms with E-state index in [9.17, 15) is 19.2 Å². The maximum Gasteiger partial charge on any atom is 0.338 e. The van der Waals surface area contributed by atoms with Crippen LogP contribution in [0.5, 0.6) is 0 Å². The molecule has 3 amide bonds. The molecule has 2 aliphatic heterocycles. The second-order valence-electron chi connectivity index (χ2n) is 7.95. The number of rotatable bonds is 5. The van der Waals surface area contributed by atoms with E-state index in [0.717, 1.165) is 16.9 Å². The molecule has 0 unspecified atom stereocenters. The Labute approximate surface area is 189 Å². The van der Waals surface area contributed by atoms with Crippen LogP contribution in [0.25, 0.3) is 0 Å². The van der Waals surface area contributed by atoms with E-state index >= 15 is 0 Å². The van der Waals surface area contributed by atoms with E-state index < -0.39 is 24.4 Å². The zero-order valence-electron chi connectivity index (χ0n) is 17.7. The highest BCUT2D eigenvalue weighted by molar-refractivity contribution is 6.21. The molecule has 0 N–H and O–H groups in total. The van der Waals surface area contributed by atoms with Crippen LogP contribution < -0.4 is 0 Å². The van der Waals surface area contributed by atoms with Crippen LogP contribution in [0.15, 0.2) is 65.3 Å². The van der Waals surface area contributed by atoms with Gasteiger partial charge in [0.15, 0.2) is 6.61 Å². The fourth-order valence-corrected chi connectivity index (χ4v) is 4.13. The molecule has 0 fully saturated rings. The monoisotopic (exact) mass is 444 g/mol. The predicted molar refractivity (Wildman–Crippen MR) is 115 cm³/mol. The smallest absolute Gasteiger partial charge is 0.338 e. The number of esters is 1. The summed E-state index contributed by atoms with van der Waals surface area (Å²) in [6.07, 6.45) is 2.22. The number of imide groups is 1. The van der Waals surface area contributed by atoms with Crippen LogP contribution in [-0.4, -0.2) is 46.6 Å². The molecular weight excluding hydrogens is 424 g/mol. The summed E-state index contributed by atoms with van der Waals surface area (Å²) in [5.74, 6) is -1.50. The molecule has 3 heterocycles. The van der Waals surface area contributed by atoms with Gasteiger partial charge in [0.25, 0.3) is 17.7 Å². The SMILES string of the molecule is O=C(OCC(=O)N1CCc2ccccc2C1)c1ccc2c(c1)C(=O)N(Cc1ccco1)C2=O. The number of furan rings is 1. The van der Waals surface area contributed by atoms with Gasteiger partial charge >= 0.3 is 5.97 Å². The zero-order chi connectivity index (χ0) is 22.9. The lowest BCUT2D eigenvalue weighted by atomic mass is 10.00. The molecule has 0 radical (unpaired) electrons. The summed E-state index contributed by atoms with van der Waals surface area (Å²) in [7, 11) is 0. The lowest BCUT2D eigenvalue weighted by Gasteiger charge is -2.28. The van der Waals surface area contributed by atoms with Crippen molar-refractivity contribution < 1.29 is 28.3 Å². The third kappa shape index (κ3) is 3.91. The van der Waals surface area contributed by atoms with E-state index in [1.54, 1.807) is 17.0 Å². The van der Waals surface area contributed by atoms with Gasteiger partial charge in [-0.3, -0.25) is 19.3 Å². The third-order valence-corrected chi connectivity index (χ3v) is 5.91. The largest absolute Gasteiger partial charge is 0.467 e. The molecule has 33 heavy (non-hydrogen) atoms. The van der Waals surface area contributed by atoms with E-state index in [-0.39, 0.29) is 29.1 Å². The summed E-state index contributed by atoms with van der Waals surface area (Å²) in [6.45, 7) is 0.657. The minimum absolute atomic E-state index is 0.00654. The Bertz CT molecular complexity index is 1260. The number of amides is 3. The number of ether oxygens (including phenoxy) is 1. The van der Waals surface area contributed by atoms with Crippen molar-refractivity contribution in [3.05, 3.63) is 94.4 Å². The lowest BCUT2D eigenvalue weighted by molar-refractivity contribution is -0.135. The van der Waals surface area contributed by atoms with Crippen molar-refractivity contribution in [1.29, 1.82) is 0 Å². The molecule has 0 spiro atoms. The number of carbonyl (C=O) groups is 4. The van der Waals surface area contributed by atoms with Gasteiger partial charge in [0, 0.05) is 13.1 Å². The molecular formula is C25H20N2O6. The van der Waals surface area contributed by atoms with E-state index in [2.05, 4.69) is 0 Å². The molecule has 5 rings (SSSR count). The Morgan fingerprint density at radius 3 is 2.52 bits per heavy atom. The molecule has 2 aromatic carbocycles. The number of carbonyl (C=O) groups excluding carboxylic acids is 4. The Morgan fingerprint density at radius 1 is 0.939 bits per heavy atom. The standard InChI is InChI=1S/C25H20N2O6/c28-22(26-10-9-16-4-1-2-5-18(16)13-26)15-33-25(31)17-7-8-20-21(12-17)24(30)27(23(20)29)14-19-6-3-11-32-19/h1-8,11-12H,9-10,13-15H2. The number of nitrogens with zero attached hydrogens (tertiary/aromatic N) is 2. The van der Waals surface area contributed by atoms with Gasteiger partial charge in [0.2, 0.25) is 0 Å². The van der Waals surface area contributed by atoms with Crippen molar-refractivity contribution in [2.24, 2.45) is 0 Å². The van der Waals surface area contributed by atoms with Gasteiger partial charge in [-0.15, -0.1) is 0 Å². The fourth-order valence-electron chi connectivity index (χ4n) is 4.13. The minimum Gasteiger partial charge on any atom is -0.467 e. The number of hydrogen-bond donors (Lipinski definition) is 0. The second kappa shape index (κ2) is 8.38. The fraction of sp³-hybridized carbons (Fsp3) is 0.200. The lowest BCUT2D eigenvalue weighted by Crippen LogP contribution is -2.38. The average molecular weight is 444 g/mol. The van der Waals surface area contributed by atoms with Gasteiger partial charge in [-0.1, -0.05) is 24.3 Å². The average Bonchev–Trinajstić information content (AvgIpc) is 3.44. The summed E-state index contributed by atoms with van der Waals surface area (Å²) in [4.78, 5) is 53.1. The first-order chi connectivity index (χ1) is 16.0. The van der Waals surface area contributed by atoms with Crippen LogP contribution in [0.3, 0.4) is 0 Å². The molecule has 8 nitrogen and oxygen atoms in total. The van der Waals surface area contributed by atoms with Gasteiger partial charge in [-0.25, -0.2) is 4.79 Å². The molecule has 0 aliphatic carbocycles. The molecule has 0 saturated carbocycles. The Hall–Kier alpha value is -4.20. The summed E-state index contributed by atoms with van der Waals surface area (Å²) in [6, 6.07) is 15.5. The van der Waals surface area contributed by atoms with Gasteiger partial charge in [0.1, 0.15) is 5.76 Å². The van der Waals surface area contributed by atoms with Crippen molar-refractivity contribution in [2.75, 3.05) is 13.2 Å². The normalized spacial score (nSPS) is 14.8. The van der Waals surface area contributed by atoms with Gasteiger partial charge in [-0.05, 0) is 47.9 Å². The molecule has 0 atom stereocenters. The highest BCUT2D eigenvalue weighted by Crippen LogP contribution is 2.26. The zero-order valence-corrected chi connectivity index (χ0v) is 17.7. The molecule has 3 aromatic rings. The van der Waals surface area contributed by atoms with Crippen LogP contribution in [0.4, 0.5) is 0 Å². The summed E-state index contributed by atoms with van der Waals surface area (Å²) < 4.78 is 10.4. The van der Waals surface area contributed by atoms with Crippen LogP contribution in [0, 0.1) is 0 Å².